The molecule has 0 aliphatic rings. The number of benzene rings is 1. The summed E-state index contributed by atoms with van der Waals surface area (Å²) in [7, 11) is 1.78. The van der Waals surface area contributed by atoms with E-state index in [2.05, 4.69) is 16.3 Å². The van der Waals surface area contributed by atoms with Gasteiger partial charge in [0.25, 0.3) is 0 Å². The van der Waals surface area contributed by atoms with E-state index >= 15 is 0 Å². The van der Waals surface area contributed by atoms with E-state index in [1.54, 1.807) is 18.0 Å². The van der Waals surface area contributed by atoms with Crippen LogP contribution in [0.15, 0.2) is 18.2 Å². The van der Waals surface area contributed by atoms with Crippen LogP contribution < -0.4 is 4.90 Å². The first-order chi connectivity index (χ1) is 9.93. The molecule has 0 aliphatic heterocycles. The number of nitriles is 1. The van der Waals surface area contributed by atoms with Gasteiger partial charge in [-0.15, -0.1) is 5.10 Å². The zero-order chi connectivity index (χ0) is 15.6. The highest BCUT2D eigenvalue weighted by atomic mass is 35.5. The van der Waals surface area contributed by atoms with E-state index in [0.717, 1.165) is 16.8 Å². The van der Waals surface area contributed by atoms with E-state index in [0.29, 0.717) is 17.9 Å². The Morgan fingerprint density at radius 2 is 2.05 bits per heavy atom. The third kappa shape index (κ3) is 3.11. The van der Waals surface area contributed by atoms with Crippen LogP contribution in [-0.4, -0.2) is 17.2 Å². The lowest BCUT2D eigenvalue weighted by atomic mass is 10.1. The van der Waals surface area contributed by atoms with E-state index < -0.39 is 5.82 Å². The summed E-state index contributed by atoms with van der Waals surface area (Å²) >= 11 is 5.67. The number of anilines is 1. The van der Waals surface area contributed by atoms with Crippen LogP contribution in [0.3, 0.4) is 0 Å². The zero-order valence-corrected chi connectivity index (χ0v) is 12.7. The third-order valence-corrected chi connectivity index (χ3v) is 3.62. The highest BCUT2D eigenvalue weighted by molar-refractivity contribution is 6.30. The fourth-order valence-electron chi connectivity index (χ4n) is 1.98. The smallest absolute Gasteiger partial charge is 0.169 e. The van der Waals surface area contributed by atoms with Gasteiger partial charge in [0, 0.05) is 13.6 Å². The number of aryl methyl sites for hydroxylation is 1. The molecule has 1 heterocycles. The molecule has 4 nitrogen and oxygen atoms in total. The van der Waals surface area contributed by atoms with Crippen molar-refractivity contribution in [3.05, 3.63) is 51.4 Å². The number of rotatable bonds is 3. The number of hydrogen-bond acceptors (Lipinski definition) is 4. The zero-order valence-electron chi connectivity index (χ0n) is 12.0. The van der Waals surface area contributed by atoms with Crippen LogP contribution >= 0.6 is 11.6 Å². The Labute approximate surface area is 127 Å². The summed E-state index contributed by atoms with van der Waals surface area (Å²) in [4.78, 5) is 1.76. The van der Waals surface area contributed by atoms with Crippen LogP contribution in [0.1, 0.15) is 22.4 Å². The molecule has 1 aromatic heterocycles. The molecule has 0 saturated carbocycles. The average molecular weight is 305 g/mol. The number of aromatic nitrogens is 2. The summed E-state index contributed by atoms with van der Waals surface area (Å²) < 4.78 is 13.5. The summed E-state index contributed by atoms with van der Waals surface area (Å²) in [6.45, 7) is 4.04. The van der Waals surface area contributed by atoms with Gasteiger partial charge in [0.15, 0.2) is 5.82 Å². The number of nitrogens with zero attached hydrogens (tertiary/aromatic N) is 4. The van der Waals surface area contributed by atoms with Gasteiger partial charge in [0.2, 0.25) is 0 Å². The van der Waals surface area contributed by atoms with Crippen molar-refractivity contribution < 1.29 is 4.39 Å². The van der Waals surface area contributed by atoms with Crippen molar-refractivity contribution in [1.29, 1.82) is 5.26 Å². The van der Waals surface area contributed by atoms with Crippen LogP contribution in [0.25, 0.3) is 0 Å². The van der Waals surface area contributed by atoms with E-state index in [9.17, 15) is 9.65 Å². The minimum absolute atomic E-state index is 0.0880. The van der Waals surface area contributed by atoms with Gasteiger partial charge in [0.1, 0.15) is 17.4 Å². The monoisotopic (exact) mass is 304 g/mol. The van der Waals surface area contributed by atoms with Crippen molar-refractivity contribution in [2.24, 2.45) is 0 Å². The van der Waals surface area contributed by atoms with Gasteiger partial charge in [-0.2, -0.15) is 10.4 Å². The Kier molecular flexibility index (Phi) is 4.39. The summed E-state index contributed by atoms with van der Waals surface area (Å²) in [5.41, 5.74) is 2.75. The van der Waals surface area contributed by atoms with Gasteiger partial charge < -0.3 is 4.90 Å². The van der Waals surface area contributed by atoms with Gasteiger partial charge in [-0.3, -0.25) is 0 Å². The molecule has 0 radical (unpaired) electrons. The number of halogens is 2. The third-order valence-electron chi connectivity index (χ3n) is 3.31. The van der Waals surface area contributed by atoms with E-state index in [1.807, 2.05) is 13.8 Å². The minimum atomic E-state index is -0.464. The molecule has 2 aromatic rings. The predicted octanol–water partition coefficient (Wildman–Crippen LogP) is 3.39. The van der Waals surface area contributed by atoms with Crippen LogP contribution in [0.5, 0.6) is 0 Å². The molecule has 21 heavy (non-hydrogen) atoms. The molecule has 0 bridgehead atoms. The van der Waals surface area contributed by atoms with Crippen molar-refractivity contribution in [1.82, 2.24) is 10.2 Å². The first kappa shape index (κ1) is 15.2. The molecule has 0 fully saturated rings. The van der Waals surface area contributed by atoms with Crippen LogP contribution in [0.2, 0.25) is 5.02 Å². The highest BCUT2D eigenvalue weighted by Gasteiger charge is 2.15. The largest absolute Gasteiger partial charge is 0.353 e. The summed E-state index contributed by atoms with van der Waals surface area (Å²) in [6, 6.07) is 6.78. The van der Waals surface area contributed by atoms with Crippen LogP contribution in [0.4, 0.5) is 10.2 Å². The second-order valence-corrected chi connectivity index (χ2v) is 5.23. The van der Waals surface area contributed by atoms with Gasteiger partial charge in [0.05, 0.1) is 10.7 Å². The Morgan fingerprint density at radius 1 is 1.33 bits per heavy atom. The summed E-state index contributed by atoms with van der Waals surface area (Å²) in [6.07, 6.45) is 0. The lowest BCUT2D eigenvalue weighted by Crippen LogP contribution is -2.20. The Balaban J connectivity index is 2.32. The van der Waals surface area contributed by atoms with Gasteiger partial charge in [-0.1, -0.05) is 17.7 Å². The molecule has 0 N–H and O–H groups in total. The molecule has 108 valence electrons. The SMILES string of the molecule is Cc1nnc(N(C)Cc2ccc(Cl)c(F)c2)c(C#N)c1C. The Hall–Kier alpha value is -2.19. The average Bonchev–Trinajstić information content (AvgIpc) is 2.45. The first-order valence-corrected chi connectivity index (χ1v) is 6.71. The Morgan fingerprint density at radius 3 is 2.67 bits per heavy atom. The molecule has 2 rings (SSSR count). The maximum absolute atomic E-state index is 13.5. The molecule has 6 heteroatoms. The fourth-order valence-corrected chi connectivity index (χ4v) is 2.10. The molecular weight excluding hydrogens is 291 g/mol. The first-order valence-electron chi connectivity index (χ1n) is 6.33. The van der Waals surface area contributed by atoms with Crippen LogP contribution in [-0.2, 0) is 6.54 Å². The lowest BCUT2D eigenvalue weighted by Gasteiger charge is -2.20. The van der Waals surface area contributed by atoms with Crippen LogP contribution in [0, 0.1) is 31.0 Å². The van der Waals surface area contributed by atoms with E-state index in [-0.39, 0.29) is 5.02 Å². The molecule has 0 spiro atoms. The number of hydrogen-bond donors (Lipinski definition) is 0. The Bertz CT molecular complexity index is 724. The molecular formula is C15H14ClFN4. The fraction of sp³-hybridized carbons (Fsp3) is 0.267. The molecule has 0 amide bonds. The molecule has 1 aromatic carbocycles. The maximum atomic E-state index is 13.5. The minimum Gasteiger partial charge on any atom is -0.353 e. The summed E-state index contributed by atoms with van der Waals surface area (Å²) in [5, 5.41) is 17.5. The van der Waals surface area contributed by atoms with Crippen molar-refractivity contribution in [3.63, 3.8) is 0 Å². The topological polar surface area (TPSA) is 52.8 Å². The van der Waals surface area contributed by atoms with Crippen molar-refractivity contribution in [2.75, 3.05) is 11.9 Å². The predicted molar refractivity (Wildman–Crippen MR) is 79.7 cm³/mol. The molecule has 0 aliphatic carbocycles. The van der Waals surface area contributed by atoms with E-state index in [4.69, 9.17) is 11.6 Å². The van der Waals surface area contributed by atoms with Gasteiger partial charge in [-0.05, 0) is 37.1 Å². The quantitative estimate of drug-likeness (QED) is 0.872. The molecule has 0 saturated heterocycles. The van der Waals surface area contributed by atoms with Gasteiger partial charge >= 0.3 is 0 Å². The normalized spacial score (nSPS) is 10.3. The van der Waals surface area contributed by atoms with Crippen molar-refractivity contribution >= 4 is 17.4 Å². The maximum Gasteiger partial charge on any atom is 0.169 e. The lowest BCUT2D eigenvalue weighted by molar-refractivity contribution is 0.625. The van der Waals surface area contributed by atoms with Crippen molar-refractivity contribution in [3.8, 4) is 6.07 Å². The molecule has 0 atom stereocenters. The highest BCUT2D eigenvalue weighted by Crippen LogP contribution is 2.23. The second-order valence-electron chi connectivity index (χ2n) is 4.83. The summed E-state index contributed by atoms with van der Waals surface area (Å²) in [5.74, 6) is 0.0187. The van der Waals surface area contributed by atoms with Gasteiger partial charge in [-0.25, -0.2) is 4.39 Å². The van der Waals surface area contributed by atoms with Crippen molar-refractivity contribution in [2.45, 2.75) is 20.4 Å². The van der Waals surface area contributed by atoms with E-state index in [1.165, 1.54) is 12.1 Å². The second kappa shape index (κ2) is 6.06. The standard InChI is InChI=1S/C15H14ClFN4/c1-9-10(2)19-20-15(12(9)7-18)21(3)8-11-4-5-13(16)14(17)6-11/h4-6H,8H2,1-3H3. The molecule has 0 unspecified atom stereocenters.